The van der Waals surface area contributed by atoms with Crippen LogP contribution in [0.25, 0.3) is 0 Å². The van der Waals surface area contributed by atoms with E-state index in [2.05, 4.69) is 12.2 Å². The molecule has 0 spiro atoms. The maximum absolute atomic E-state index is 12.7. The van der Waals surface area contributed by atoms with Crippen molar-refractivity contribution in [1.82, 2.24) is 5.32 Å². The van der Waals surface area contributed by atoms with Crippen molar-refractivity contribution in [3.05, 3.63) is 29.8 Å². The largest absolute Gasteiger partial charge is 0.416 e. The van der Waals surface area contributed by atoms with Gasteiger partial charge < -0.3 is 10.2 Å². The molecule has 106 valence electrons. The molecule has 0 saturated carbocycles. The molecule has 1 heterocycles. The molecular weight excluding hydrogens is 253 g/mol. The normalized spacial score (nSPS) is 20.0. The maximum atomic E-state index is 12.7. The van der Waals surface area contributed by atoms with Crippen molar-refractivity contribution in [3.8, 4) is 0 Å². The summed E-state index contributed by atoms with van der Waals surface area (Å²) in [6.45, 7) is 4.65. The van der Waals surface area contributed by atoms with E-state index in [1.54, 1.807) is 6.07 Å². The molecule has 1 fully saturated rings. The Morgan fingerprint density at radius 2 is 2.16 bits per heavy atom. The van der Waals surface area contributed by atoms with Gasteiger partial charge in [-0.25, -0.2) is 0 Å². The van der Waals surface area contributed by atoms with E-state index in [1.165, 1.54) is 12.1 Å². The van der Waals surface area contributed by atoms with Crippen LogP contribution < -0.4 is 10.2 Å². The highest BCUT2D eigenvalue weighted by molar-refractivity contribution is 5.50. The monoisotopic (exact) mass is 272 g/mol. The van der Waals surface area contributed by atoms with Gasteiger partial charge in [-0.1, -0.05) is 13.0 Å². The molecule has 1 unspecified atom stereocenters. The third-order valence-corrected chi connectivity index (χ3v) is 3.41. The Kier molecular flexibility index (Phi) is 4.34. The van der Waals surface area contributed by atoms with Crippen LogP contribution in [-0.4, -0.2) is 25.7 Å². The molecule has 1 aliphatic rings. The van der Waals surface area contributed by atoms with Crippen molar-refractivity contribution in [1.29, 1.82) is 0 Å². The van der Waals surface area contributed by atoms with Crippen LogP contribution in [0.1, 0.15) is 25.3 Å². The highest BCUT2D eigenvalue weighted by Crippen LogP contribution is 2.32. The molecule has 0 bridgehead atoms. The Morgan fingerprint density at radius 3 is 2.84 bits per heavy atom. The van der Waals surface area contributed by atoms with Gasteiger partial charge in [0.2, 0.25) is 0 Å². The van der Waals surface area contributed by atoms with E-state index in [-0.39, 0.29) is 0 Å². The smallest absolute Gasteiger partial charge is 0.370 e. The first-order chi connectivity index (χ1) is 9.00. The first-order valence-corrected chi connectivity index (χ1v) is 6.66. The quantitative estimate of drug-likeness (QED) is 0.905. The topological polar surface area (TPSA) is 15.3 Å². The summed E-state index contributed by atoms with van der Waals surface area (Å²) >= 11 is 0. The highest BCUT2D eigenvalue weighted by atomic mass is 19.4. The van der Waals surface area contributed by atoms with Gasteiger partial charge in [-0.15, -0.1) is 0 Å². The minimum Gasteiger partial charge on any atom is -0.370 e. The second kappa shape index (κ2) is 5.82. The van der Waals surface area contributed by atoms with Crippen molar-refractivity contribution < 1.29 is 13.2 Å². The molecule has 1 N–H and O–H groups in total. The Bertz CT molecular complexity index is 417. The fraction of sp³-hybridized carbons (Fsp3) is 0.571. The fourth-order valence-corrected chi connectivity index (χ4v) is 2.39. The first-order valence-electron chi connectivity index (χ1n) is 6.66. The van der Waals surface area contributed by atoms with E-state index in [4.69, 9.17) is 0 Å². The summed E-state index contributed by atoms with van der Waals surface area (Å²) in [7, 11) is 0. The van der Waals surface area contributed by atoms with Gasteiger partial charge in [0.15, 0.2) is 0 Å². The van der Waals surface area contributed by atoms with Crippen molar-refractivity contribution >= 4 is 5.69 Å². The Morgan fingerprint density at radius 1 is 1.37 bits per heavy atom. The number of anilines is 1. The van der Waals surface area contributed by atoms with Crippen molar-refractivity contribution in [2.24, 2.45) is 0 Å². The molecule has 0 aromatic heterocycles. The molecule has 1 aliphatic heterocycles. The van der Waals surface area contributed by atoms with E-state index < -0.39 is 11.7 Å². The van der Waals surface area contributed by atoms with Gasteiger partial charge in [-0.3, -0.25) is 0 Å². The van der Waals surface area contributed by atoms with Gasteiger partial charge in [-0.2, -0.15) is 13.2 Å². The summed E-state index contributed by atoms with van der Waals surface area (Å²) in [4.78, 5) is 2.02. The summed E-state index contributed by atoms with van der Waals surface area (Å²) in [6, 6.07) is 5.96. The molecule has 2 nitrogen and oxygen atoms in total. The fourth-order valence-electron chi connectivity index (χ4n) is 2.39. The zero-order valence-corrected chi connectivity index (χ0v) is 11.0. The molecule has 0 aliphatic carbocycles. The third-order valence-electron chi connectivity index (χ3n) is 3.41. The zero-order chi connectivity index (χ0) is 13.9. The van der Waals surface area contributed by atoms with Crippen LogP contribution in [0.15, 0.2) is 24.3 Å². The summed E-state index contributed by atoms with van der Waals surface area (Å²) < 4.78 is 38.0. The van der Waals surface area contributed by atoms with Crippen LogP contribution in [-0.2, 0) is 6.18 Å². The molecule has 5 heteroatoms. The lowest BCUT2D eigenvalue weighted by molar-refractivity contribution is -0.137. The van der Waals surface area contributed by atoms with E-state index in [0.717, 1.165) is 38.5 Å². The predicted octanol–water partition coefficient (Wildman–Crippen LogP) is 3.28. The lowest BCUT2D eigenvalue weighted by Gasteiger charge is -2.20. The van der Waals surface area contributed by atoms with Gasteiger partial charge in [0.1, 0.15) is 0 Å². The molecule has 1 atom stereocenters. The minimum absolute atomic E-state index is 0.384. The number of hydrogen-bond acceptors (Lipinski definition) is 2. The van der Waals surface area contributed by atoms with E-state index in [1.807, 2.05) is 4.90 Å². The second-order valence-electron chi connectivity index (χ2n) is 4.93. The molecule has 1 aromatic rings. The van der Waals surface area contributed by atoms with Crippen LogP contribution in [0.4, 0.5) is 18.9 Å². The van der Waals surface area contributed by atoms with Crippen LogP contribution in [0, 0.1) is 0 Å². The second-order valence-corrected chi connectivity index (χ2v) is 4.93. The van der Waals surface area contributed by atoms with E-state index in [0.29, 0.717) is 11.7 Å². The van der Waals surface area contributed by atoms with Gasteiger partial charge >= 0.3 is 6.18 Å². The Labute approximate surface area is 111 Å². The number of alkyl halides is 3. The van der Waals surface area contributed by atoms with Crippen LogP contribution in [0.5, 0.6) is 0 Å². The standard InChI is InChI=1S/C14H19F3N2/c1-2-7-18-12-6-8-19(10-12)13-5-3-4-11(9-13)14(15,16)17/h3-5,9,12,18H,2,6-8,10H2,1H3. The van der Waals surface area contributed by atoms with Gasteiger partial charge in [0, 0.05) is 24.8 Å². The summed E-state index contributed by atoms with van der Waals surface area (Å²) in [5.41, 5.74) is 0.0885. The molecule has 19 heavy (non-hydrogen) atoms. The average Bonchev–Trinajstić information content (AvgIpc) is 2.84. The average molecular weight is 272 g/mol. The van der Waals surface area contributed by atoms with Crippen molar-refractivity contribution in [2.45, 2.75) is 32.0 Å². The molecule has 0 radical (unpaired) electrons. The minimum atomic E-state index is -4.27. The molecule has 1 aromatic carbocycles. The number of hydrogen-bond donors (Lipinski definition) is 1. The van der Waals surface area contributed by atoms with Gasteiger partial charge in [0.05, 0.1) is 5.56 Å². The highest BCUT2D eigenvalue weighted by Gasteiger charge is 2.31. The number of rotatable bonds is 4. The molecule has 1 saturated heterocycles. The van der Waals surface area contributed by atoms with Gasteiger partial charge in [0.25, 0.3) is 0 Å². The number of nitrogens with one attached hydrogen (secondary N) is 1. The third kappa shape index (κ3) is 3.62. The summed E-state index contributed by atoms with van der Waals surface area (Å²) in [5.74, 6) is 0. The zero-order valence-electron chi connectivity index (χ0n) is 11.0. The molecule has 0 amide bonds. The Hall–Kier alpha value is -1.23. The van der Waals surface area contributed by atoms with Crippen molar-refractivity contribution in [3.63, 3.8) is 0 Å². The number of halogens is 3. The van der Waals surface area contributed by atoms with Crippen LogP contribution in [0.3, 0.4) is 0 Å². The van der Waals surface area contributed by atoms with Gasteiger partial charge in [-0.05, 0) is 37.6 Å². The van der Waals surface area contributed by atoms with E-state index >= 15 is 0 Å². The van der Waals surface area contributed by atoms with Crippen molar-refractivity contribution in [2.75, 3.05) is 24.5 Å². The lowest BCUT2D eigenvalue weighted by atomic mass is 10.2. The maximum Gasteiger partial charge on any atom is 0.416 e. The number of benzene rings is 1. The van der Waals surface area contributed by atoms with Crippen LogP contribution in [0.2, 0.25) is 0 Å². The predicted molar refractivity (Wildman–Crippen MR) is 70.4 cm³/mol. The summed E-state index contributed by atoms with van der Waals surface area (Å²) in [6.07, 6.45) is -2.22. The number of nitrogens with zero attached hydrogens (tertiary/aromatic N) is 1. The lowest BCUT2D eigenvalue weighted by Crippen LogP contribution is -2.33. The first kappa shape index (κ1) is 14.2. The molecule has 2 rings (SSSR count). The summed E-state index contributed by atoms with van der Waals surface area (Å²) in [5, 5.41) is 3.41. The van der Waals surface area contributed by atoms with Crippen LogP contribution >= 0.6 is 0 Å². The Balaban J connectivity index is 2.03. The van der Waals surface area contributed by atoms with E-state index in [9.17, 15) is 13.2 Å². The molecular formula is C14H19F3N2. The SMILES string of the molecule is CCCNC1CCN(c2cccc(C(F)(F)F)c2)C1.